The first-order valence-electron chi connectivity index (χ1n) is 6.92. The summed E-state index contributed by atoms with van der Waals surface area (Å²) in [5.41, 5.74) is 3.58. The molecule has 7 nitrogen and oxygen atoms in total. The lowest BCUT2D eigenvalue weighted by Crippen LogP contribution is -2.25. The first kappa shape index (κ1) is 17.6. The molecule has 0 unspecified atom stereocenters. The number of nitro groups is 1. The zero-order valence-corrected chi connectivity index (χ0v) is 14.3. The quantitative estimate of drug-likeness (QED) is 0.464. The Kier molecular flexibility index (Phi) is 6.02. The summed E-state index contributed by atoms with van der Waals surface area (Å²) in [4.78, 5) is 21.9. The number of non-ortho nitro benzene ring substituents is 1. The van der Waals surface area contributed by atoms with E-state index in [1.807, 2.05) is 12.1 Å². The number of benzene rings is 2. The Morgan fingerprint density at radius 3 is 2.42 bits per heavy atom. The van der Waals surface area contributed by atoms with Gasteiger partial charge in [-0.05, 0) is 48.9 Å². The Hall–Kier alpha value is -2.74. The van der Waals surface area contributed by atoms with Gasteiger partial charge in [0.1, 0.15) is 5.75 Å². The number of halogens is 1. The van der Waals surface area contributed by atoms with Crippen molar-refractivity contribution in [3.8, 4) is 5.75 Å². The molecule has 1 amide bonds. The highest BCUT2D eigenvalue weighted by atomic mass is 79.9. The molecule has 0 fully saturated rings. The highest BCUT2D eigenvalue weighted by Gasteiger charge is 2.06. The maximum Gasteiger partial charge on any atom is 0.277 e. The number of hydrogen-bond donors (Lipinski definition) is 1. The summed E-state index contributed by atoms with van der Waals surface area (Å²) >= 11 is 3.31. The molecule has 0 atom stereocenters. The molecular formula is C16H14BrN3O4. The molecule has 0 aromatic heterocycles. The van der Waals surface area contributed by atoms with Crippen LogP contribution in [0.25, 0.3) is 0 Å². The molecule has 0 aliphatic rings. The minimum absolute atomic E-state index is 0.00140. The molecule has 8 heteroatoms. The summed E-state index contributed by atoms with van der Waals surface area (Å²) in [6.45, 7) is 1.52. The predicted octanol–water partition coefficient (Wildman–Crippen LogP) is 3.28. The number of nitrogens with one attached hydrogen (secondary N) is 1. The molecule has 24 heavy (non-hydrogen) atoms. The van der Waals surface area contributed by atoms with Gasteiger partial charge >= 0.3 is 0 Å². The molecule has 1 N–H and O–H groups in total. The smallest absolute Gasteiger partial charge is 0.277 e. The normalized spacial score (nSPS) is 11.0. The monoisotopic (exact) mass is 391 g/mol. The Labute approximate surface area is 146 Å². The second-order valence-electron chi connectivity index (χ2n) is 4.78. The maximum atomic E-state index is 11.7. The molecule has 0 heterocycles. The van der Waals surface area contributed by atoms with Gasteiger partial charge in [0.25, 0.3) is 11.6 Å². The second-order valence-corrected chi connectivity index (χ2v) is 5.69. The van der Waals surface area contributed by atoms with Gasteiger partial charge in [0.05, 0.1) is 10.6 Å². The Morgan fingerprint density at radius 1 is 1.21 bits per heavy atom. The summed E-state index contributed by atoms with van der Waals surface area (Å²) in [6.07, 6.45) is 0. The van der Waals surface area contributed by atoms with E-state index in [1.54, 1.807) is 31.2 Å². The number of hydrazone groups is 1. The molecule has 124 valence electrons. The summed E-state index contributed by atoms with van der Waals surface area (Å²) in [7, 11) is 0. The third-order valence-corrected chi connectivity index (χ3v) is 3.56. The van der Waals surface area contributed by atoms with Crippen LogP contribution in [0.1, 0.15) is 12.5 Å². The van der Waals surface area contributed by atoms with Crippen LogP contribution in [-0.4, -0.2) is 23.1 Å². The zero-order valence-electron chi connectivity index (χ0n) is 12.7. The molecule has 0 aliphatic heterocycles. The highest BCUT2D eigenvalue weighted by Crippen LogP contribution is 2.16. The van der Waals surface area contributed by atoms with Gasteiger partial charge in [0, 0.05) is 16.6 Å². The Bertz CT molecular complexity index is 758. The minimum atomic E-state index is -0.475. The van der Waals surface area contributed by atoms with Crippen LogP contribution in [0.3, 0.4) is 0 Å². The van der Waals surface area contributed by atoms with Crippen molar-refractivity contribution in [1.29, 1.82) is 0 Å². The molecule has 0 saturated heterocycles. The van der Waals surface area contributed by atoms with E-state index in [-0.39, 0.29) is 12.3 Å². The van der Waals surface area contributed by atoms with Crippen molar-refractivity contribution in [2.24, 2.45) is 5.10 Å². The third-order valence-electron chi connectivity index (χ3n) is 3.03. The Balaban J connectivity index is 1.87. The topological polar surface area (TPSA) is 93.8 Å². The standard InChI is InChI=1S/C16H14BrN3O4/c1-11(12-2-6-14(7-3-12)20(22)23)18-19-16(21)10-24-15-8-4-13(17)5-9-15/h2-9H,10H2,1H3,(H,19,21)/b18-11+. The SMILES string of the molecule is C/C(=N\NC(=O)COc1ccc(Br)cc1)c1ccc([N+](=O)[O-])cc1. The van der Waals surface area contributed by atoms with Crippen molar-refractivity contribution in [2.75, 3.05) is 6.61 Å². The molecule has 0 spiro atoms. The van der Waals surface area contributed by atoms with E-state index in [9.17, 15) is 14.9 Å². The molecule has 0 bridgehead atoms. The van der Waals surface area contributed by atoms with Crippen LogP contribution in [0.15, 0.2) is 58.1 Å². The van der Waals surface area contributed by atoms with Gasteiger partial charge in [0.2, 0.25) is 0 Å². The van der Waals surface area contributed by atoms with Gasteiger partial charge in [-0.2, -0.15) is 5.10 Å². The average Bonchev–Trinajstić information content (AvgIpc) is 2.59. The summed E-state index contributed by atoms with van der Waals surface area (Å²) in [5, 5.41) is 14.6. The van der Waals surface area contributed by atoms with Gasteiger partial charge in [-0.3, -0.25) is 14.9 Å². The molecular weight excluding hydrogens is 378 g/mol. The van der Waals surface area contributed by atoms with Gasteiger partial charge in [-0.25, -0.2) is 5.43 Å². The molecule has 2 aromatic rings. The van der Waals surface area contributed by atoms with Crippen molar-refractivity contribution >= 4 is 33.2 Å². The molecule has 0 radical (unpaired) electrons. The van der Waals surface area contributed by atoms with Crippen molar-refractivity contribution < 1.29 is 14.5 Å². The van der Waals surface area contributed by atoms with E-state index < -0.39 is 10.8 Å². The number of rotatable bonds is 6. The second kappa shape index (κ2) is 8.21. The van der Waals surface area contributed by atoms with E-state index in [4.69, 9.17) is 4.74 Å². The summed E-state index contributed by atoms with van der Waals surface area (Å²) in [6, 6.07) is 13.0. The number of carbonyl (C=O) groups is 1. The molecule has 0 saturated carbocycles. The van der Waals surface area contributed by atoms with Gasteiger partial charge in [0.15, 0.2) is 6.61 Å². The zero-order chi connectivity index (χ0) is 17.5. The van der Waals surface area contributed by atoms with Gasteiger partial charge in [-0.15, -0.1) is 0 Å². The van der Waals surface area contributed by atoms with Crippen LogP contribution in [0.2, 0.25) is 0 Å². The Morgan fingerprint density at radius 2 is 1.83 bits per heavy atom. The van der Waals surface area contributed by atoms with E-state index in [2.05, 4.69) is 26.5 Å². The van der Waals surface area contributed by atoms with Crippen LogP contribution < -0.4 is 10.2 Å². The van der Waals surface area contributed by atoms with Crippen LogP contribution in [0.5, 0.6) is 5.75 Å². The van der Waals surface area contributed by atoms with Crippen molar-refractivity contribution in [1.82, 2.24) is 5.43 Å². The van der Waals surface area contributed by atoms with Crippen LogP contribution in [-0.2, 0) is 4.79 Å². The maximum absolute atomic E-state index is 11.7. The lowest BCUT2D eigenvalue weighted by Gasteiger charge is -2.06. The lowest BCUT2D eigenvalue weighted by atomic mass is 10.1. The van der Waals surface area contributed by atoms with Crippen molar-refractivity contribution in [3.05, 3.63) is 68.7 Å². The van der Waals surface area contributed by atoms with E-state index in [0.29, 0.717) is 17.0 Å². The fraction of sp³-hybridized carbons (Fsp3) is 0.125. The number of hydrogen-bond acceptors (Lipinski definition) is 5. The highest BCUT2D eigenvalue weighted by molar-refractivity contribution is 9.10. The van der Waals surface area contributed by atoms with Crippen LogP contribution in [0.4, 0.5) is 5.69 Å². The lowest BCUT2D eigenvalue weighted by molar-refractivity contribution is -0.384. The predicted molar refractivity (Wildman–Crippen MR) is 93.1 cm³/mol. The van der Waals surface area contributed by atoms with Crippen molar-refractivity contribution in [3.63, 3.8) is 0 Å². The fourth-order valence-electron chi connectivity index (χ4n) is 1.75. The summed E-state index contributed by atoms with van der Waals surface area (Å²) in [5.74, 6) is 0.170. The number of carbonyl (C=O) groups excluding carboxylic acids is 1. The fourth-order valence-corrected chi connectivity index (χ4v) is 2.01. The average molecular weight is 392 g/mol. The van der Waals surface area contributed by atoms with Crippen molar-refractivity contribution in [2.45, 2.75) is 6.92 Å². The minimum Gasteiger partial charge on any atom is -0.484 e. The van der Waals surface area contributed by atoms with E-state index in [1.165, 1.54) is 12.1 Å². The molecule has 2 rings (SSSR count). The third kappa shape index (κ3) is 5.17. The molecule has 2 aromatic carbocycles. The summed E-state index contributed by atoms with van der Waals surface area (Å²) < 4.78 is 6.24. The van der Waals surface area contributed by atoms with Crippen LogP contribution in [0, 0.1) is 10.1 Å². The van der Waals surface area contributed by atoms with Gasteiger partial charge < -0.3 is 4.74 Å². The number of amides is 1. The number of nitrogens with zero attached hydrogens (tertiary/aromatic N) is 2. The number of ether oxygens (including phenoxy) is 1. The first-order chi connectivity index (χ1) is 11.5. The van der Waals surface area contributed by atoms with Crippen LogP contribution >= 0.6 is 15.9 Å². The van der Waals surface area contributed by atoms with Gasteiger partial charge in [-0.1, -0.05) is 15.9 Å². The van der Waals surface area contributed by atoms with E-state index in [0.717, 1.165) is 4.47 Å². The number of nitro benzene ring substituents is 1. The largest absolute Gasteiger partial charge is 0.484 e. The molecule has 0 aliphatic carbocycles. The first-order valence-corrected chi connectivity index (χ1v) is 7.71. The van der Waals surface area contributed by atoms with E-state index >= 15 is 0 Å².